The largest absolute Gasteiger partial charge is 0.327 e. The van der Waals surface area contributed by atoms with Gasteiger partial charge in [0, 0.05) is 0 Å². The molecule has 1 unspecified atom stereocenters. The minimum absolute atomic E-state index is 0.0873. The van der Waals surface area contributed by atoms with E-state index < -0.39 is 5.97 Å². The molecule has 0 aliphatic rings. The highest BCUT2D eigenvalue weighted by Gasteiger charge is 2.43. The lowest BCUT2D eigenvalue weighted by Gasteiger charge is -2.40. The van der Waals surface area contributed by atoms with E-state index in [0.29, 0.717) is 19.8 Å². The van der Waals surface area contributed by atoms with Gasteiger partial charge < -0.3 is 14.2 Å². The molecule has 0 saturated carbocycles. The average molecular weight is 399 g/mol. The SMILES string of the molecule is C=C(C)C(CCCCCCCC)C(OCCCC)(OCCCC)OCCCC. The van der Waals surface area contributed by atoms with Crippen molar-refractivity contribution in [3.05, 3.63) is 12.2 Å². The minimum atomic E-state index is -0.964. The van der Waals surface area contributed by atoms with E-state index in [2.05, 4.69) is 41.2 Å². The molecule has 0 fully saturated rings. The van der Waals surface area contributed by atoms with Gasteiger partial charge in [-0.3, -0.25) is 0 Å². The molecule has 3 nitrogen and oxygen atoms in total. The second-order valence-corrected chi connectivity index (χ2v) is 8.16. The van der Waals surface area contributed by atoms with Crippen LogP contribution in [0.4, 0.5) is 0 Å². The maximum atomic E-state index is 6.38. The van der Waals surface area contributed by atoms with Crippen molar-refractivity contribution in [3.63, 3.8) is 0 Å². The van der Waals surface area contributed by atoms with Gasteiger partial charge in [-0.15, -0.1) is 0 Å². The number of hydrogen-bond donors (Lipinski definition) is 0. The van der Waals surface area contributed by atoms with E-state index in [1.807, 2.05) is 0 Å². The first kappa shape index (κ1) is 27.6. The highest BCUT2D eigenvalue weighted by molar-refractivity contribution is 5.01. The summed E-state index contributed by atoms with van der Waals surface area (Å²) < 4.78 is 19.1. The first-order chi connectivity index (χ1) is 13.6. The molecule has 0 aliphatic heterocycles. The highest BCUT2D eigenvalue weighted by Crippen LogP contribution is 2.36. The van der Waals surface area contributed by atoms with E-state index in [1.54, 1.807) is 0 Å². The second kappa shape index (κ2) is 18.6. The highest BCUT2D eigenvalue weighted by atomic mass is 16.9. The van der Waals surface area contributed by atoms with Crippen LogP contribution in [-0.2, 0) is 14.2 Å². The van der Waals surface area contributed by atoms with E-state index in [9.17, 15) is 0 Å². The molecule has 0 aromatic heterocycles. The van der Waals surface area contributed by atoms with Crippen LogP contribution in [0.15, 0.2) is 12.2 Å². The fourth-order valence-electron chi connectivity index (χ4n) is 3.36. The molecule has 0 N–H and O–H groups in total. The minimum Gasteiger partial charge on any atom is -0.327 e. The van der Waals surface area contributed by atoms with Gasteiger partial charge in [-0.2, -0.15) is 0 Å². The molecule has 0 bridgehead atoms. The first-order valence-electron chi connectivity index (χ1n) is 12.1. The Kier molecular flexibility index (Phi) is 18.4. The molecule has 0 saturated heterocycles. The topological polar surface area (TPSA) is 27.7 Å². The molecule has 1 atom stereocenters. The summed E-state index contributed by atoms with van der Waals surface area (Å²) >= 11 is 0. The smallest absolute Gasteiger partial charge is 0.289 e. The number of ether oxygens (including phenoxy) is 3. The van der Waals surface area contributed by atoms with Crippen LogP contribution in [-0.4, -0.2) is 25.8 Å². The van der Waals surface area contributed by atoms with Gasteiger partial charge in [0.25, 0.3) is 5.97 Å². The molecule has 0 heterocycles. The molecule has 28 heavy (non-hydrogen) atoms. The summed E-state index contributed by atoms with van der Waals surface area (Å²) in [6.45, 7) is 17.3. The van der Waals surface area contributed by atoms with Crippen LogP contribution in [0, 0.1) is 5.92 Å². The Labute approximate surface area is 176 Å². The van der Waals surface area contributed by atoms with Crippen LogP contribution < -0.4 is 0 Å². The van der Waals surface area contributed by atoms with Crippen LogP contribution in [0.2, 0.25) is 0 Å². The van der Waals surface area contributed by atoms with E-state index in [4.69, 9.17) is 14.2 Å². The third-order valence-corrected chi connectivity index (χ3v) is 5.27. The average Bonchev–Trinajstić information content (AvgIpc) is 2.67. The number of rotatable bonds is 21. The van der Waals surface area contributed by atoms with Gasteiger partial charge in [0.1, 0.15) is 0 Å². The quantitative estimate of drug-likeness (QED) is 0.111. The van der Waals surface area contributed by atoms with Crippen LogP contribution in [0.3, 0.4) is 0 Å². The van der Waals surface area contributed by atoms with E-state index in [-0.39, 0.29) is 5.92 Å². The summed E-state index contributed by atoms with van der Waals surface area (Å²) in [5.74, 6) is -0.876. The van der Waals surface area contributed by atoms with Crippen molar-refractivity contribution in [2.75, 3.05) is 19.8 Å². The molecular weight excluding hydrogens is 348 g/mol. The fourth-order valence-corrected chi connectivity index (χ4v) is 3.36. The lowest BCUT2D eigenvalue weighted by atomic mass is 9.91. The molecular formula is C25H50O3. The molecule has 0 radical (unpaired) electrons. The number of hydrogen-bond acceptors (Lipinski definition) is 3. The molecule has 0 aromatic carbocycles. The molecule has 0 aromatic rings. The Morgan fingerprint density at radius 1 is 0.643 bits per heavy atom. The van der Waals surface area contributed by atoms with Crippen LogP contribution in [0.1, 0.15) is 118 Å². The van der Waals surface area contributed by atoms with Crippen molar-refractivity contribution in [1.29, 1.82) is 0 Å². The van der Waals surface area contributed by atoms with Gasteiger partial charge >= 0.3 is 0 Å². The van der Waals surface area contributed by atoms with Crippen molar-refractivity contribution in [2.24, 2.45) is 5.92 Å². The summed E-state index contributed by atoms with van der Waals surface area (Å²) in [4.78, 5) is 0. The molecule has 0 rings (SSSR count). The molecule has 0 aliphatic carbocycles. The van der Waals surface area contributed by atoms with Gasteiger partial charge in [0.05, 0.1) is 25.7 Å². The third kappa shape index (κ3) is 12.2. The Hall–Kier alpha value is -0.380. The summed E-state index contributed by atoms with van der Waals surface area (Å²) in [5, 5.41) is 0. The fraction of sp³-hybridized carbons (Fsp3) is 0.920. The first-order valence-corrected chi connectivity index (χ1v) is 12.1. The van der Waals surface area contributed by atoms with Gasteiger partial charge in [0.15, 0.2) is 0 Å². The van der Waals surface area contributed by atoms with E-state index >= 15 is 0 Å². The molecule has 168 valence electrons. The third-order valence-electron chi connectivity index (χ3n) is 5.27. The predicted octanol–water partition coefficient (Wildman–Crippen LogP) is 8.03. The van der Waals surface area contributed by atoms with Crippen molar-refractivity contribution >= 4 is 0 Å². The van der Waals surface area contributed by atoms with Crippen molar-refractivity contribution < 1.29 is 14.2 Å². The standard InChI is InChI=1S/C25H50O3/c1-7-11-15-16-17-18-19-24(23(5)6)25(26-20-12-8-2,27-21-13-9-3)28-22-14-10-4/h24H,5,7-22H2,1-4,6H3. The van der Waals surface area contributed by atoms with E-state index in [1.165, 1.54) is 38.5 Å². The normalized spacial score (nSPS) is 13.0. The molecule has 0 spiro atoms. The maximum Gasteiger partial charge on any atom is 0.289 e. The van der Waals surface area contributed by atoms with E-state index in [0.717, 1.165) is 50.5 Å². The van der Waals surface area contributed by atoms with Gasteiger partial charge in [-0.25, -0.2) is 0 Å². The summed E-state index contributed by atoms with van der Waals surface area (Å²) in [7, 11) is 0. The maximum absolute atomic E-state index is 6.38. The molecule has 0 amide bonds. The molecule has 3 heteroatoms. The Balaban J connectivity index is 5.17. The lowest BCUT2D eigenvalue weighted by Crippen LogP contribution is -2.47. The number of unbranched alkanes of at least 4 members (excludes halogenated alkanes) is 8. The summed E-state index contributed by atoms with van der Waals surface area (Å²) in [6, 6.07) is 0. The lowest BCUT2D eigenvalue weighted by molar-refractivity contribution is -0.401. The van der Waals surface area contributed by atoms with Gasteiger partial charge in [-0.05, 0) is 32.6 Å². The van der Waals surface area contributed by atoms with Crippen LogP contribution in [0.5, 0.6) is 0 Å². The Bertz CT molecular complexity index is 327. The van der Waals surface area contributed by atoms with Crippen molar-refractivity contribution in [1.82, 2.24) is 0 Å². The zero-order valence-corrected chi connectivity index (χ0v) is 19.8. The summed E-state index contributed by atoms with van der Waals surface area (Å²) in [6.07, 6.45) is 15.1. The van der Waals surface area contributed by atoms with Gasteiger partial charge in [-0.1, -0.05) is 97.6 Å². The van der Waals surface area contributed by atoms with Crippen molar-refractivity contribution in [2.45, 2.75) is 124 Å². The zero-order valence-electron chi connectivity index (χ0n) is 19.8. The Morgan fingerprint density at radius 2 is 1.04 bits per heavy atom. The Morgan fingerprint density at radius 3 is 1.43 bits per heavy atom. The van der Waals surface area contributed by atoms with Gasteiger partial charge in [0.2, 0.25) is 0 Å². The van der Waals surface area contributed by atoms with Crippen LogP contribution in [0.25, 0.3) is 0 Å². The second-order valence-electron chi connectivity index (χ2n) is 8.16. The summed E-state index contributed by atoms with van der Waals surface area (Å²) in [5.41, 5.74) is 1.11. The van der Waals surface area contributed by atoms with Crippen LogP contribution >= 0.6 is 0 Å². The monoisotopic (exact) mass is 398 g/mol. The zero-order chi connectivity index (χ0) is 21.1. The van der Waals surface area contributed by atoms with Crippen molar-refractivity contribution in [3.8, 4) is 0 Å². The predicted molar refractivity (Wildman–Crippen MR) is 122 cm³/mol.